The fourth-order valence-electron chi connectivity index (χ4n) is 4.35. The fourth-order valence-corrected chi connectivity index (χ4v) is 6.17. The van der Waals surface area contributed by atoms with Gasteiger partial charge in [-0.3, -0.25) is 9.58 Å². The average molecular weight is 443 g/mol. The van der Waals surface area contributed by atoms with Crippen molar-refractivity contribution in [3.05, 3.63) is 82.9 Å². The van der Waals surface area contributed by atoms with Gasteiger partial charge in [-0.25, -0.2) is 12.8 Å². The SMILES string of the molecule is Cc1nn(C)c(C)c1S(=O)(=O)N1CCN(C(c2ccccc2)c2ccc(F)cc2)CC1. The molecule has 0 saturated carbocycles. The molecule has 0 aliphatic carbocycles. The molecular formula is C23H27FN4O2S. The molecule has 0 radical (unpaired) electrons. The second kappa shape index (κ2) is 8.53. The Morgan fingerprint density at radius 2 is 1.48 bits per heavy atom. The summed E-state index contributed by atoms with van der Waals surface area (Å²) in [5, 5.41) is 4.27. The number of piperazine rings is 1. The van der Waals surface area contributed by atoms with E-state index < -0.39 is 10.0 Å². The van der Waals surface area contributed by atoms with Gasteiger partial charge in [0, 0.05) is 33.2 Å². The van der Waals surface area contributed by atoms with Gasteiger partial charge in [-0.1, -0.05) is 42.5 Å². The van der Waals surface area contributed by atoms with Crippen LogP contribution in [0.2, 0.25) is 0 Å². The molecule has 1 aliphatic heterocycles. The molecule has 0 amide bonds. The van der Waals surface area contributed by atoms with Crippen molar-refractivity contribution in [3.8, 4) is 0 Å². The molecule has 2 heterocycles. The van der Waals surface area contributed by atoms with E-state index in [0.29, 0.717) is 42.5 Å². The lowest BCUT2D eigenvalue weighted by Crippen LogP contribution is -2.49. The van der Waals surface area contributed by atoms with Crippen LogP contribution in [0.5, 0.6) is 0 Å². The van der Waals surface area contributed by atoms with Crippen molar-refractivity contribution in [2.24, 2.45) is 7.05 Å². The van der Waals surface area contributed by atoms with Crippen molar-refractivity contribution in [2.45, 2.75) is 24.8 Å². The van der Waals surface area contributed by atoms with Gasteiger partial charge in [-0.15, -0.1) is 0 Å². The molecule has 4 rings (SSSR count). The Morgan fingerprint density at radius 3 is 2.03 bits per heavy atom. The highest BCUT2D eigenvalue weighted by Crippen LogP contribution is 2.31. The summed E-state index contributed by atoms with van der Waals surface area (Å²) in [5.41, 5.74) is 3.26. The molecule has 31 heavy (non-hydrogen) atoms. The zero-order valence-electron chi connectivity index (χ0n) is 18.0. The number of hydrogen-bond acceptors (Lipinski definition) is 4. The topological polar surface area (TPSA) is 58.4 Å². The predicted octanol–water partition coefficient (Wildman–Crippen LogP) is 3.27. The van der Waals surface area contributed by atoms with Crippen LogP contribution in [-0.4, -0.2) is 53.6 Å². The molecule has 1 aliphatic rings. The zero-order chi connectivity index (χ0) is 22.2. The van der Waals surface area contributed by atoms with E-state index in [-0.39, 0.29) is 11.9 Å². The minimum Gasteiger partial charge on any atom is -0.290 e. The summed E-state index contributed by atoms with van der Waals surface area (Å²) in [5.74, 6) is -0.270. The molecular weight excluding hydrogens is 415 g/mol. The Morgan fingerprint density at radius 1 is 0.903 bits per heavy atom. The van der Waals surface area contributed by atoms with Gasteiger partial charge in [0.15, 0.2) is 0 Å². The molecule has 1 fully saturated rings. The van der Waals surface area contributed by atoms with E-state index in [9.17, 15) is 12.8 Å². The van der Waals surface area contributed by atoms with E-state index in [4.69, 9.17) is 0 Å². The van der Waals surface area contributed by atoms with Crippen LogP contribution in [0.25, 0.3) is 0 Å². The van der Waals surface area contributed by atoms with Gasteiger partial charge in [0.25, 0.3) is 0 Å². The average Bonchev–Trinajstić information content (AvgIpc) is 3.02. The molecule has 0 bridgehead atoms. The second-order valence-corrected chi connectivity index (χ2v) is 9.80. The van der Waals surface area contributed by atoms with E-state index >= 15 is 0 Å². The molecule has 0 spiro atoms. The van der Waals surface area contributed by atoms with Crippen LogP contribution >= 0.6 is 0 Å². The first kappa shape index (κ1) is 21.7. The minimum absolute atomic E-state index is 0.0616. The molecule has 164 valence electrons. The van der Waals surface area contributed by atoms with Gasteiger partial charge in [0.1, 0.15) is 10.7 Å². The number of aromatic nitrogens is 2. The summed E-state index contributed by atoms with van der Waals surface area (Å²) in [7, 11) is -1.86. The van der Waals surface area contributed by atoms with Crippen LogP contribution < -0.4 is 0 Å². The van der Waals surface area contributed by atoms with Crippen molar-refractivity contribution < 1.29 is 12.8 Å². The maximum absolute atomic E-state index is 13.5. The third kappa shape index (κ3) is 4.15. The minimum atomic E-state index is -3.61. The largest absolute Gasteiger partial charge is 0.290 e. The predicted molar refractivity (Wildman–Crippen MR) is 118 cm³/mol. The van der Waals surface area contributed by atoms with Crippen molar-refractivity contribution >= 4 is 10.0 Å². The number of nitrogens with zero attached hydrogens (tertiary/aromatic N) is 4. The highest BCUT2D eigenvalue weighted by Gasteiger charge is 2.35. The molecule has 1 atom stereocenters. The Labute approximate surface area is 183 Å². The van der Waals surface area contributed by atoms with Gasteiger partial charge < -0.3 is 0 Å². The van der Waals surface area contributed by atoms with E-state index in [1.165, 1.54) is 12.1 Å². The van der Waals surface area contributed by atoms with E-state index in [1.807, 2.05) is 18.2 Å². The maximum Gasteiger partial charge on any atom is 0.246 e. The number of sulfonamides is 1. The van der Waals surface area contributed by atoms with Crippen molar-refractivity contribution in [1.82, 2.24) is 19.0 Å². The number of hydrogen-bond donors (Lipinski definition) is 0. The lowest BCUT2D eigenvalue weighted by molar-refractivity contribution is 0.155. The third-order valence-electron chi connectivity index (χ3n) is 5.98. The van der Waals surface area contributed by atoms with Crippen LogP contribution in [-0.2, 0) is 17.1 Å². The normalized spacial score (nSPS) is 17.0. The molecule has 1 aromatic heterocycles. The van der Waals surface area contributed by atoms with Crippen LogP contribution in [0.4, 0.5) is 4.39 Å². The quantitative estimate of drug-likeness (QED) is 0.609. The first-order valence-corrected chi connectivity index (χ1v) is 11.8. The fraction of sp³-hybridized carbons (Fsp3) is 0.348. The smallest absolute Gasteiger partial charge is 0.246 e. The molecule has 0 N–H and O–H groups in total. The Balaban J connectivity index is 1.59. The van der Waals surface area contributed by atoms with Crippen LogP contribution in [0, 0.1) is 19.7 Å². The summed E-state index contributed by atoms with van der Waals surface area (Å²) in [6.07, 6.45) is 0. The molecule has 3 aromatic rings. The highest BCUT2D eigenvalue weighted by atomic mass is 32.2. The van der Waals surface area contributed by atoms with E-state index in [1.54, 1.807) is 42.0 Å². The van der Waals surface area contributed by atoms with Crippen LogP contribution in [0.15, 0.2) is 59.5 Å². The van der Waals surface area contributed by atoms with Crippen molar-refractivity contribution in [2.75, 3.05) is 26.2 Å². The highest BCUT2D eigenvalue weighted by molar-refractivity contribution is 7.89. The van der Waals surface area contributed by atoms with Crippen LogP contribution in [0.3, 0.4) is 0 Å². The van der Waals surface area contributed by atoms with Gasteiger partial charge in [0.05, 0.1) is 17.4 Å². The lowest BCUT2D eigenvalue weighted by Gasteiger charge is -2.39. The van der Waals surface area contributed by atoms with Gasteiger partial charge in [0.2, 0.25) is 10.0 Å². The molecule has 1 unspecified atom stereocenters. The molecule has 8 heteroatoms. The van der Waals surface area contributed by atoms with E-state index in [0.717, 1.165) is 11.1 Å². The van der Waals surface area contributed by atoms with E-state index in [2.05, 4.69) is 22.1 Å². The standard InChI is InChI=1S/C23H27FN4O2S/c1-17-23(18(2)26(3)25-17)31(29,30)28-15-13-27(14-16-28)22(19-7-5-4-6-8-19)20-9-11-21(24)12-10-20/h4-12,22H,13-16H2,1-3H3. The molecule has 6 nitrogen and oxygen atoms in total. The van der Waals surface area contributed by atoms with Gasteiger partial charge in [-0.2, -0.15) is 9.40 Å². The summed E-state index contributed by atoms with van der Waals surface area (Å²) in [4.78, 5) is 2.57. The third-order valence-corrected chi connectivity index (χ3v) is 8.13. The number of aryl methyl sites for hydroxylation is 2. The summed E-state index contributed by atoms with van der Waals surface area (Å²) in [6, 6.07) is 16.5. The number of benzene rings is 2. The summed E-state index contributed by atoms with van der Waals surface area (Å²) < 4.78 is 43.3. The first-order valence-electron chi connectivity index (χ1n) is 10.3. The van der Waals surface area contributed by atoms with Crippen LogP contribution in [0.1, 0.15) is 28.6 Å². The zero-order valence-corrected chi connectivity index (χ0v) is 18.8. The number of rotatable bonds is 5. The second-order valence-electron chi connectivity index (χ2n) is 7.93. The first-order chi connectivity index (χ1) is 14.8. The summed E-state index contributed by atoms with van der Waals surface area (Å²) >= 11 is 0. The lowest BCUT2D eigenvalue weighted by atomic mass is 9.96. The monoisotopic (exact) mass is 442 g/mol. The molecule has 2 aromatic carbocycles. The van der Waals surface area contributed by atoms with Gasteiger partial charge >= 0.3 is 0 Å². The Kier molecular flexibility index (Phi) is 5.96. The maximum atomic E-state index is 13.5. The Hall–Kier alpha value is -2.55. The van der Waals surface area contributed by atoms with Gasteiger partial charge in [-0.05, 0) is 37.1 Å². The summed E-state index contributed by atoms with van der Waals surface area (Å²) in [6.45, 7) is 5.45. The molecule has 1 saturated heterocycles. The number of halogens is 1. The van der Waals surface area contributed by atoms with Crippen molar-refractivity contribution in [1.29, 1.82) is 0 Å². The Bertz CT molecular complexity index is 1150. The van der Waals surface area contributed by atoms with Crippen molar-refractivity contribution in [3.63, 3.8) is 0 Å².